The zero-order valence-electron chi connectivity index (χ0n) is 28.3. The van der Waals surface area contributed by atoms with Gasteiger partial charge in [0.05, 0.1) is 34.1 Å². The van der Waals surface area contributed by atoms with Gasteiger partial charge in [-0.15, -0.1) is 0 Å². The highest BCUT2D eigenvalue weighted by molar-refractivity contribution is 7.92. The Hall–Kier alpha value is -4.62. The van der Waals surface area contributed by atoms with Crippen LogP contribution in [0, 0.1) is 25.1 Å². The molecule has 0 aliphatic heterocycles. The van der Waals surface area contributed by atoms with Crippen molar-refractivity contribution < 1.29 is 32.2 Å². The van der Waals surface area contributed by atoms with Crippen molar-refractivity contribution in [3.05, 3.63) is 89.0 Å². The smallest absolute Gasteiger partial charge is 0.335 e. The molecule has 4 aromatic rings. The molecular formula is C36H42FN5O6S. The summed E-state index contributed by atoms with van der Waals surface area (Å²) in [6.07, 6.45) is 5.37. The van der Waals surface area contributed by atoms with Crippen molar-refractivity contribution in [2.75, 3.05) is 11.3 Å². The second-order valence-corrected chi connectivity index (χ2v) is 15.2. The summed E-state index contributed by atoms with van der Waals surface area (Å²) in [7, 11) is -4.27. The van der Waals surface area contributed by atoms with Crippen LogP contribution in [0.5, 0.6) is 11.6 Å². The average Bonchev–Trinajstić information content (AvgIpc) is 3.00. The quantitative estimate of drug-likeness (QED) is 0.130. The van der Waals surface area contributed by atoms with Gasteiger partial charge in [-0.05, 0) is 74.3 Å². The number of ether oxygens (including phenoxy) is 2. The maximum atomic E-state index is 15.0. The summed E-state index contributed by atoms with van der Waals surface area (Å²) in [5.41, 5.74) is 3.02. The number of rotatable bonds is 14. The van der Waals surface area contributed by atoms with Gasteiger partial charge < -0.3 is 19.9 Å². The molecule has 0 radical (unpaired) electrons. The lowest BCUT2D eigenvalue weighted by Gasteiger charge is -2.27. The molecule has 13 heteroatoms. The van der Waals surface area contributed by atoms with Crippen LogP contribution in [0.1, 0.15) is 73.6 Å². The van der Waals surface area contributed by atoms with Crippen LogP contribution in [-0.2, 0) is 16.6 Å². The fraction of sp³-hybridized carbons (Fsp3) is 0.389. The fourth-order valence-electron chi connectivity index (χ4n) is 5.55. The lowest BCUT2D eigenvalue weighted by Crippen LogP contribution is -2.38. The number of nitrogens with one attached hydrogen (secondary N) is 2. The van der Waals surface area contributed by atoms with Crippen molar-refractivity contribution >= 4 is 21.9 Å². The standard InChI is InChI=1S/C36H42FN5O6S/c1-22-9-6-10-23(2)33(22)30-17-32(41-35(40-30)42-49(45,46)28-14-7-11-24(15-28)34(43)44)47-21-25(18-36(3,4)5)38-20-31-29(37)16-27(19-39-31)48-26-12-8-13-26/h6-7,9-11,14-17,19,25-26,38H,8,12-13,18,20-21H2,1-5H3,(H,43,44)(H,40,41,42)/t25-/m1/s1. The Bertz CT molecular complexity index is 1910. The number of hydrogen-bond donors (Lipinski definition) is 3. The third-order valence-electron chi connectivity index (χ3n) is 8.15. The van der Waals surface area contributed by atoms with Crippen LogP contribution in [0.3, 0.4) is 0 Å². The zero-order chi connectivity index (χ0) is 35.3. The van der Waals surface area contributed by atoms with Crippen molar-refractivity contribution in [1.29, 1.82) is 0 Å². The number of carboxylic acid groups (broad SMARTS) is 1. The summed E-state index contributed by atoms with van der Waals surface area (Å²) in [5, 5.41) is 12.7. The highest BCUT2D eigenvalue weighted by Crippen LogP contribution is 2.30. The maximum Gasteiger partial charge on any atom is 0.335 e. The Labute approximate surface area is 286 Å². The van der Waals surface area contributed by atoms with Gasteiger partial charge in [-0.1, -0.05) is 45.0 Å². The van der Waals surface area contributed by atoms with Crippen molar-refractivity contribution in [1.82, 2.24) is 20.3 Å². The van der Waals surface area contributed by atoms with Crippen LogP contribution in [0.2, 0.25) is 0 Å². The zero-order valence-corrected chi connectivity index (χ0v) is 29.1. The molecule has 3 N–H and O–H groups in total. The number of carbonyl (C=O) groups is 1. The first-order valence-electron chi connectivity index (χ1n) is 16.2. The second-order valence-electron chi connectivity index (χ2n) is 13.5. The lowest BCUT2D eigenvalue weighted by molar-refractivity contribution is 0.0696. The molecule has 0 unspecified atom stereocenters. The number of sulfonamides is 1. The lowest BCUT2D eigenvalue weighted by atomic mass is 9.88. The van der Waals surface area contributed by atoms with Gasteiger partial charge in [0, 0.05) is 30.3 Å². The number of anilines is 1. The highest BCUT2D eigenvalue weighted by atomic mass is 32.2. The average molecular weight is 692 g/mol. The molecule has 2 aromatic carbocycles. The van der Waals surface area contributed by atoms with Crippen molar-refractivity contribution in [3.8, 4) is 22.9 Å². The van der Waals surface area contributed by atoms with Gasteiger partial charge in [0.15, 0.2) is 0 Å². The maximum absolute atomic E-state index is 15.0. The fourth-order valence-corrected chi connectivity index (χ4v) is 6.54. The third-order valence-corrected chi connectivity index (χ3v) is 9.48. The first-order chi connectivity index (χ1) is 23.2. The Kier molecular flexibility index (Phi) is 10.8. The largest absolute Gasteiger partial charge is 0.489 e. The summed E-state index contributed by atoms with van der Waals surface area (Å²) in [6, 6.07) is 13.5. The van der Waals surface area contributed by atoms with Gasteiger partial charge >= 0.3 is 5.97 Å². The molecule has 11 nitrogen and oxygen atoms in total. The Morgan fingerprint density at radius 3 is 2.41 bits per heavy atom. The van der Waals surface area contributed by atoms with Gasteiger partial charge in [0.2, 0.25) is 11.8 Å². The number of aromatic carboxylic acids is 1. The first kappa shape index (κ1) is 35.7. The number of nitrogens with zero attached hydrogens (tertiary/aromatic N) is 3. The summed E-state index contributed by atoms with van der Waals surface area (Å²) in [5.74, 6) is -1.42. The predicted molar refractivity (Wildman–Crippen MR) is 184 cm³/mol. The molecule has 2 aromatic heterocycles. The van der Waals surface area contributed by atoms with Gasteiger partial charge in [0.1, 0.15) is 18.2 Å². The number of hydrogen-bond acceptors (Lipinski definition) is 9. The molecule has 1 aliphatic carbocycles. The van der Waals surface area contributed by atoms with Crippen LogP contribution < -0.4 is 19.5 Å². The second kappa shape index (κ2) is 14.9. The van der Waals surface area contributed by atoms with Crippen LogP contribution in [0.4, 0.5) is 10.3 Å². The Morgan fingerprint density at radius 1 is 1.06 bits per heavy atom. The monoisotopic (exact) mass is 691 g/mol. The van der Waals surface area contributed by atoms with E-state index in [1.165, 1.54) is 24.3 Å². The van der Waals surface area contributed by atoms with Crippen LogP contribution >= 0.6 is 0 Å². The van der Waals surface area contributed by atoms with Gasteiger partial charge in [-0.3, -0.25) is 4.98 Å². The number of halogens is 1. The minimum absolute atomic E-state index is 0.117. The number of carboxylic acids is 1. The van der Waals surface area contributed by atoms with Gasteiger partial charge in [0.25, 0.3) is 10.0 Å². The molecule has 0 spiro atoms. The molecule has 0 amide bonds. The summed E-state index contributed by atoms with van der Waals surface area (Å²) in [4.78, 5) is 24.4. The van der Waals surface area contributed by atoms with E-state index in [0.29, 0.717) is 17.9 Å². The normalized spacial score (nSPS) is 14.2. The van der Waals surface area contributed by atoms with E-state index < -0.39 is 21.8 Å². The number of aromatic nitrogens is 3. The van der Waals surface area contributed by atoms with Gasteiger partial charge in [-0.25, -0.2) is 27.3 Å². The molecule has 0 saturated heterocycles. The molecule has 2 heterocycles. The van der Waals surface area contributed by atoms with E-state index >= 15 is 0 Å². The molecule has 1 fully saturated rings. The van der Waals surface area contributed by atoms with E-state index in [-0.39, 0.29) is 58.7 Å². The van der Waals surface area contributed by atoms with Crippen molar-refractivity contribution in [3.63, 3.8) is 0 Å². The minimum Gasteiger partial charge on any atom is -0.489 e. The minimum atomic E-state index is -4.27. The molecule has 1 aliphatic rings. The van der Waals surface area contributed by atoms with Crippen LogP contribution in [-0.4, -0.2) is 53.2 Å². The first-order valence-corrected chi connectivity index (χ1v) is 17.6. The Morgan fingerprint density at radius 2 is 1.78 bits per heavy atom. The summed E-state index contributed by atoms with van der Waals surface area (Å²) in [6.45, 7) is 10.4. The molecule has 5 rings (SSSR count). The van der Waals surface area contributed by atoms with E-state index in [9.17, 15) is 22.7 Å². The number of benzene rings is 2. The summed E-state index contributed by atoms with van der Waals surface area (Å²) < 4.78 is 56.1. The Balaban J connectivity index is 1.39. The number of aryl methyl sites for hydroxylation is 2. The molecule has 1 atom stereocenters. The molecule has 49 heavy (non-hydrogen) atoms. The molecule has 0 bridgehead atoms. The highest BCUT2D eigenvalue weighted by Gasteiger charge is 2.24. The van der Waals surface area contributed by atoms with Crippen LogP contribution in [0.25, 0.3) is 11.3 Å². The predicted octanol–water partition coefficient (Wildman–Crippen LogP) is 6.70. The topological polar surface area (TPSA) is 153 Å². The number of pyridine rings is 1. The summed E-state index contributed by atoms with van der Waals surface area (Å²) >= 11 is 0. The van der Waals surface area contributed by atoms with E-state index in [1.54, 1.807) is 12.3 Å². The third kappa shape index (κ3) is 9.51. The molecular weight excluding hydrogens is 649 g/mol. The van der Waals surface area contributed by atoms with Crippen LogP contribution in [0.15, 0.2) is 65.7 Å². The van der Waals surface area contributed by atoms with Crippen molar-refractivity contribution in [2.45, 2.75) is 83.9 Å². The molecule has 1 saturated carbocycles. The van der Waals surface area contributed by atoms with Gasteiger partial charge in [-0.2, -0.15) is 4.98 Å². The van der Waals surface area contributed by atoms with E-state index in [0.717, 1.165) is 42.0 Å². The SMILES string of the molecule is Cc1cccc(C)c1-c1cc(OC[C@@H](CC(C)(C)C)NCc2ncc(OC3CCC3)cc2F)nc(NS(=O)(=O)c2cccc(C(=O)O)c2)n1. The van der Waals surface area contributed by atoms with E-state index in [4.69, 9.17) is 9.47 Å². The van der Waals surface area contributed by atoms with Crippen molar-refractivity contribution in [2.24, 2.45) is 5.41 Å². The molecule has 260 valence electrons. The van der Waals surface area contributed by atoms with E-state index in [1.807, 2.05) is 32.0 Å². The van der Waals surface area contributed by atoms with E-state index in [2.05, 4.69) is 45.8 Å².